The van der Waals surface area contributed by atoms with Crippen LogP contribution < -0.4 is 10.1 Å². The van der Waals surface area contributed by atoms with Crippen molar-refractivity contribution in [2.75, 3.05) is 13.1 Å². The molecule has 2 aromatic rings. The van der Waals surface area contributed by atoms with Gasteiger partial charge in [-0.25, -0.2) is 0 Å². The summed E-state index contributed by atoms with van der Waals surface area (Å²) in [6, 6.07) is 14.6. The number of carbonyl (C=O) groups excluding carboxylic acids is 1. The van der Waals surface area contributed by atoms with Crippen LogP contribution in [0.5, 0.6) is 5.75 Å². The lowest BCUT2D eigenvalue weighted by Gasteiger charge is -2.19. The molecule has 0 unspecified atom stereocenters. The molecule has 4 heteroatoms. The number of hydrogen-bond acceptors (Lipinski definition) is 3. The second kappa shape index (κ2) is 9.74. The van der Waals surface area contributed by atoms with Crippen molar-refractivity contribution in [3.05, 3.63) is 64.7 Å². The Morgan fingerprint density at radius 1 is 1.11 bits per heavy atom. The largest absolute Gasteiger partial charge is 0.480 e. The second-order valence-corrected chi connectivity index (χ2v) is 7.80. The number of amides is 1. The van der Waals surface area contributed by atoms with Crippen LogP contribution in [0.4, 0.5) is 0 Å². The van der Waals surface area contributed by atoms with E-state index < -0.39 is 6.10 Å². The smallest absolute Gasteiger partial charge is 0.261 e. The van der Waals surface area contributed by atoms with E-state index in [0.29, 0.717) is 13.0 Å². The zero-order chi connectivity index (χ0) is 19.9. The summed E-state index contributed by atoms with van der Waals surface area (Å²) in [5.74, 6) is 0.725. The van der Waals surface area contributed by atoms with E-state index in [4.69, 9.17) is 4.74 Å². The van der Waals surface area contributed by atoms with Gasteiger partial charge in [-0.3, -0.25) is 9.69 Å². The maximum Gasteiger partial charge on any atom is 0.261 e. The van der Waals surface area contributed by atoms with Crippen LogP contribution in [-0.4, -0.2) is 30.0 Å². The number of nitrogens with zero attached hydrogens (tertiary/aromatic N) is 1. The number of carbonyl (C=O) groups is 1. The summed E-state index contributed by atoms with van der Waals surface area (Å²) in [5.41, 5.74) is 4.62. The van der Waals surface area contributed by atoms with E-state index in [2.05, 4.69) is 40.5 Å². The first kappa shape index (κ1) is 20.4. The summed E-state index contributed by atoms with van der Waals surface area (Å²) >= 11 is 0. The van der Waals surface area contributed by atoms with Gasteiger partial charge in [0.2, 0.25) is 0 Å². The Morgan fingerprint density at radius 3 is 2.61 bits per heavy atom. The molecule has 1 heterocycles. The van der Waals surface area contributed by atoms with Crippen LogP contribution >= 0.6 is 0 Å². The molecule has 1 amide bonds. The Labute approximate surface area is 168 Å². The van der Waals surface area contributed by atoms with Crippen molar-refractivity contribution in [2.45, 2.75) is 59.2 Å². The highest BCUT2D eigenvalue weighted by molar-refractivity contribution is 5.81. The molecule has 0 spiro atoms. The third-order valence-corrected chi connectivity index (χ3v) is 5.34. The minimum absolute atomic E-state index is 0.0617. The number of rotatable bonds is 8. The molecule has 1 fully saturated rings. The molecule has 0 aromatic heterocycles. The van der Waals surface area contributed by atoms with Crippen molar-refractivity contribution in [1.82, 2.24) is 10.2 Å². The first-order valence-corrected chi connectivity index (χ1v) is 10.4. The molecule has 3 rings (SSSR count). The first-order valence-electron chi connectivity index (χ1n) is 10.4. The highest BCUT2D eigenvalue weighted by Gasteiger charge is 2.19. The summed E-state index contributed by atoms with van der Waals surface area (Å²) in [6.45, 7) is 9.91. The lowest BCUT2D eigenvalue weighted by atomic mass is 10.1. The molecule has 1 saturated heterocycles. The van der Waals surface area contributed by atoms with Crippen LogP contribution in [0.25, 0.3) is 0 Å². The molecule has 150 valence electrons. The lowest BCUT2D eigenvalue weighted by Crippen LogP contribution is -2.37. The standard InChI is InChI=1S/C24H32N2O2/c1-4-22(28-23-14-18(2)10-11-19(23)3)24(27)25-16-20-8-7-9-21(15-20)17-26-12-5-6-13-26/h7-11,14-15,22H,4-6,12-13,16-17H2,1-3H3,(H,25,27)/t22-/m1/s1. The van der Waals surface area contributed by atoms with Gasteiger partial charge in [0.1, 0.15) is 5.75 Å². The van der Waals surface area contributed by atoms with E-state index >= 15 is 0 Å². The zero-order valence-electron chi connectivity index (χ0n) is 17.3. The molecule has 4 nitrogen and oxygen atoms in total. The Morgan fingerprint density at radius 2 is 1.86 bits per heavy atom. The van der Waals surface area contributed by atoms with E-state index in [1.54, 1.807) is 0 Å². The van der Waals surface area contributed by atoms with Crippen molar-refractivity contribution in [1.29, 1.82) is 0 Å². The molecule has 0 radical (unpaired) electrons. The van der Waals surface area contributed by atoms with Crippen LogP contribution in [-0.2, 0) is 17.9 Å². The fraction of sp³-hybridized carbons (Fsp3) is 0.458. The number of nitrogens with one attached hydrogen (secondary N) is 1. The average Bonchev–Trinajstić information content (AvgIpc) is 3.20. The molecule has 1 atom stereocenters. The van der Waals surface area contributed by atoms with E-state index in [-0.39, 0.29) is 5.91 Å². The molecule has 0 aliphatic carbocycles. The van der Waals surface area contributed by atoms with Gasteiger partial charge in [0.15, 0.2) is 6.10 Å². The zero-order valence-corrected chi connectivity index (χ0v) is 17.3. The van der Waals surface area contributed by atoms with Crippen molar-refractivity contribution in [3.63, 3.8) is 0 Å². The van der Waals surface area contributed by atoms with Gasteiger partial charge in [0.05, 0.1) is 0 Å². The number of likely N-dealkylation sites (tertiary alicyclic amines) is 1. The Kier molecular flexibility index (Phi) is 7.10. The van der Waals surface area contributed by atoms with Gasteiger partial charge in [0.25, 0.3) is 5.91 Å². The minimum atomic E-state index is -0.478. The minimum Gasteiger partial charge on any atom is -0.480 e. The maximum atomic E-state index is 12.7. The van der Waals surface area contributed by atoms with Crippen LogP contribution in [0.15, 0.2) is 42.5 Å². The van der Waals surface area contributed by atoms with Gasteiger partial charge in [-0.05, 0) is 74.5 Å². The summed E-state index contributed by atoms with van der Waals surface area (Å²) in [5, 5.41) is 3.05. The fourth-order valence-corrected chi connectivity index (χ4v) is 3.65. The summed E-state index contributed by atoms with van der Waals surface area (Å²) in [6.07, 6.45) is 2.76. The molecule has 1 aliphatic heterocycles. The SMILES string of the molecule is CC[C@@H](Oc1cc(C)ccc1C)C(=O)NCc1cccc(CN2CCCC2)c1. The lowest BCUT2D eigenvalue weighted by molar-refractivity contribution is -0.128. The van der Waals surface area contributed by atoms with Crippen molar-refractivity contribution in [2.24, 2.45) is 0 Å². The van der Waals surface area contributed by atoms with Crippen molar-refractivity contribution < 1.29 is 9.53 Å². The molecule has 2 aromatic carbocycles. The van der Waals surface area contributed by atoms with Gasteiger partial charge in [-0.15, -0.1) is 0 Å². The van der Waals surface area contributed by atoms with E-state index in [0.717, 1.165) is 29.0 Å². The predicted octanol–water partition coefficient (Wildman–Crippen LogP) is 4.37. The van der Waals surface area contributed by atoms with Crippen LogP contribution in [0.3, 0.4) is 0 Å². The first-order chi connectivity index (χ1) is 13.5. The molecule has 28 heavy (non-hydrogen) atoms. The Balaban J connectivity index is 1.56. The number of hydrogen-bond donors (Lipinski definition) is 1. The average molecular weight is 381 g/mol. The number of ether oxygens (including phenoxy) is 1. The van der Waals surface area contributed by atoms with E-state index in [9.17, 15) is 4.79 Å². The second-order valence-electron chi connectivity index (χ2n) is 7.80. The van der Waals surface area contributed by atoms with Gasteiger partial charge in [-0.2, -0.15) is 0 Å². The van der Waals surface area contributed by atoms with Gasteiger partial charge >= 0.3 is 0 Å². The molecule has 1 N–H and O–H groups in total. The van der Waals surface area contributed by atoms with Crippen molar-refractivity contribution >= 4 is 5.91 Å². The Bertz CT molecular complexity index is 797. The van der Waals surface area contributed by atoms with Crippen molar-refractivity contribution in [3.8, 4) is 5.75 Å². The summed E-state index contributed by atoms with van der Waals surface area (Å²) < 4.78 is 6.02. The van der Waals surface area contributed by atoms with Crippen LogP contribution in [0, 0.1) is 13.8 Å². The highest BCUT2D eigenvalue weighted by atomic mass is 16.5. The van der Waals surface area contributed by atoms with Gasteiger partial charge < -0.3 is 10.1 Å². The maximum absolute atomic E-state index is 12.7. The normalized spacial score (nSPS) is 15.4. The topological polar surface area (TPSA) is 41.6 Å². The van der Waals surface area contributed by atoms with E-state index in [1.165, 1.54) is 31.5 Å². The van der Waals surface area contributed by atoms with E-state index in [1.807, 2.05) is 32.9 Å². The quantitative estimate of drug-likeness (QED) is 0.739. The third kappa shape index (κ3) is 5.59. The summed E-state index contributed by atoms with van der Waals surface area (Å²) in [4.78, 5) is 15.2. The molecular weight excluding hydrogens is 348 g/mol. The fourth-order valence-electron chi connectivity index (χ4n) is 3.65. The molecule has 0 saturated carbocycles. The molecule has 1 aliphatic rings. The monoisotopic (exact) mass is 380 g/mol. The number of benzene rings is 2. The van der Waals surface area contributed by atoms with Crippen LogP contribution in [0.2, 0.25) is 0 Å². The Hall–Kier alpha value is -2.33. The highest BCUT2D eigenvalue weighted by Crippen LogP contribution is 2.21. The predicted molar refractivity (Wildman–Crippen MR) is 113 cm³/mol. The summed E-state index contributed by atoms with van der Waals surface area (Å²) in [7, 11) is 0. The van der Waals surface area contributed by atoms with Gasteiger partial charge in [0, 0.05) is 13.1 Å². The van der Waals surface area contributed by atoms with Crippen LogP contribution in [0.1, 0.15) is 48.4 Å². The molecular formula is C24H32N2O2. The number of aryl methyl sites for hydroxylation is 2. The molecule has 0 bridgehead atoms. The third-order valence-electron chi connectivity index (χ3n) is 5.34. The van der Waals surface area contributed by atoms with Gasteiger partial charge in [-0.1, -0.05) is 43.3 Å².